The van der Waals surface area contributed by atoms with Gasteiger partial charge in [-0.2, -0.15) is 0 Å². The van der Waals surface area contributed by atoms with Gasteiger partial charge in [-0.1, -0.05) is 73.3 Å². The van der Waals surface area contributed by atoms with Crippen molar-refractivity contribution in [3.8, 4) is 11.3 Å². The molecule has 1 aliphatic rings. The van der Waals surface area contributed by atoms with Crippen molar-refractivity contribution < 1.29 is 4.57 Å². The minimum atomic E-state index is -1.47. The van der Waals surface area contributed by atoms with Gasteiger partial charge >= 0.3 is 0 Å². The van der Waals surface area contributed by atoms with Crippen LogP contribution in [0.15, 0.2) is 30.5 Å². The highest BCUT2D eigenvalue weighted by Crippen LogP contribution is 2.46. The number of nitrogens with zero attached hydrogens (tertiary/aromatic N) is 1. The second-order valence-corrected chi connectivity index (χ2v) is 18.4. The molecule has 1 aromatic carbocycles. The molecule has 31 heavy (non-hydrogen) atoms. The van der Waals surface area contributed by atoms with Crippen LogP contribution in [0.5, 0.6) is 0 Å². The fourth-order valence-electron chi connectivity index (χ4n) is 5.23. The molecule has 170 valence electrons. The van der Waals surface area contributed by atoms with Crippen molar-refractivity contribution in [1.82, 2.24) is 0 Å². The van der Waals surface area contributed by atoms with Crippen LogP contribution in [0.4, 0.5) is 0 Å². The SMILES string of the molecule is Cc1cc(C2(C)CCC(C)(C)CC2)ccc1-c1cc([Si](C)(C)C)c(C(C)(C)C)c[n+]1C. The molecule has 1 aliphatic carbocycles. The molecule has 1 saturated carbocycles. The molecule has 0 spiro atoms. The number of aromatic nitrogens is 1. The largest absolute Gasteiger partial charge is 0.212 e. The summed E-state index contributed by atoms with van der Waals surface area (Å²) in [5.74, 6) is 0. The van der Waals surface area contributed by atoms with E-state index in [1.54, 1.807) is 5.19 Å². The average molecular weight is 437 g/mol. The Morgan fingerprint density at radius 3 is 1.97 bits per heavy atom. The fourth-order valence-corrected chi connectivity index (χ4v) is 7.05. The van der Waals surface area contributed by atoms with Crippen LogP contribution in [0.3, 0.4) is 0 Å². The highest BCUT2D eigenvalue weighted by molar-refractivity contribution is 6.89. The normalized spacial score (nSPS) is 18.8. The first-order valence-electron chi connectivity index (χ1n) is 12.2. The van der Waals surface area contributed by atoms with Crippen LogP contribution in [0.2, 0.25) is 19.6 Å². The van der Waals surface area contributed by atoms with Gasteiger partial charge in [0.2, 0.25) is 5.69 Å². The maximum Gasteiger partial charge on any atom is 0.212 e. The predicted molar refractivity (Wildman–Crippen MR) is 139 cm³/mol. The topological polar surface area (TPSA) is 3.88 Å². The lowest BCUT2D eigenvalue weighted by Crippen LogP contribution is -2.47. The van der Waals surface area contributed by atoms with Gasteiger partial charge in [0.25, 0.3) is 0 Å². The molecule has 3 rings (SSSR count). The third-order valence-electron chi connectivity index (χ3n) is 7.80. The molecule has 0 radical (unpaired) electrons. The summed E-state index contributed by atoms with van der Waals surface area (Å²) in [6, 6.07) is 9.82. The second-order valence-electron chi connectivity index (χ2n) is 13.4. The number of hydrogen-bond acceptors (Lipinski definition) is 0. The molecule has 0 aliphatic heterocycles. The van der Waals surface area contributed by atoms with Crippen LogP contribution >= 0.6 is 0 Å². The number of rotatable bonds is 3. The molecule has 1 aromatic heterocycles. The molecular weight excluding hydrogens is 390 g/mol. The van der Waals surface area contributed by atoms with Crippen molar-refractivity contribution in [2.75, 3.05) is 0 Å². The van der Waals surface area contributed by atoms with Crippen molar-refractivity contribution in [1.29, 1.82) is 0 Å². The molecule has 0 saturated heterocycles. The van der Waals surface area contributed by atoms with Crippen LogP contribution in [0, 0.1) is 12.3 Å². The van der Waals surface area contributed by atoms with Crippen LogP contribution < -0.4 is 9.75 Å². The van der Waals surface area contributed by atoms with Gasteiger partial charge in [-0.05, 0) is 71.2 Å². The summed E-state index contributed by atoms with van der Waals surface area (Å²) >= 11 is 0. The van der Waals surface area contributed by atoms with Gasteiger partial charge < -0.3 is 0 Å². The van der Waals surface area contributed by atoms with E-state index in [9.17, 15) is 0 Å². The van der Waals surface area contributed by atoms with Crippen molar-refractivity contribution in [2.45, 2.75) is 105 Å². The van der Waals surface area contributed by atoms with E-state index in [0.717, 1.165) is 0 Å². The Kier molecular flexibility index (Phi) is 6.15. The molecule has 0 N–H and O–H groups in total. The number of aryl methyl sites for hydroxylation is 2. The summed E-state index contributed by atoms with van der Waals surface area (Å²) in [5.41, 5.74) is 8.16. The fraction of sp³-hybridized carbons (Fsp3) is 0.621. The Hall–Kier alpha value is -1.41. The Bertz CT molecular complexity index is 959. The van der Waals surface area contributed by atoms with E-state index in [2.05, 4.69) is 110 Å². The molecule has 1 fully saturated rings. The molecule has 0 atom stereocenters. The highest BCUT2D eigenvalue weighted by atomic mass is 28.3. The molecule has 0 bridgehead atoms. The smallest absolute Gasteiger partial charge is 0.201 e. The minimum absolute atomic E-state index is 0.161. The van der Waals surface area contributed by atoms with Crippen LogP contribution in [-0.4, -0.2) is 8.07 Å². The molecule has 2 aromatic rings. The quantitative estimate of drug-likeness (QED) is 0.354. The number of hydrogen-bond donors (Lipinski definition) is 0. The van der Waals surface area contributed by atoms with E-state index in [4.69, 9.17) is 0 Å². The summed E-state index contributed by atoms with van der Waals surface area (Å²) in [4.78, 5) is 0. The zero-order chi connectivity index (χ0) is 23.4. The van der Waals surface area contributed by atoms with Crippen molar-refractivity contribution in [3.63, 3.8) is 0 Å². The lowest BCUT2D eigenvalue weighted by atomic mass is 9.63. The molecular formula is C29H46NSi+. The van der Waals surface area contributed by atoms with Crippen molar-refractivity contribution >= 4 is 13.3 Å². The standard InChI is InChI=1S/C29H46NSi/c1-21-18-22(29(7)16-14-28(5,6)15-17-29)12-13-23(21)25-19-26(31(9,10)11)24(20-30(25)8)27(2,3)4/h12-13,18-20H,14-17H2,1-11H3/q+1. The number of benzene rings is 1. The maximum atomic E-state index is 2.51. The Morgan fingerprint density at radius 2 is 1.48 bits per heavy atom. The molecule has 2 heteroatoms. The van der Waals surface area contributed by atoms with Crippen molar-refractivity contribution in [3.05, 3.63) is 47.2 Å². The van der Waals surface area contributed by atoms with Gasteiger partial charge in [0.05, 0.1) is 8.07 Å². The van der Waals surface area contributed by atoms with E-state index in [1.165, 1.54) is 53.6 Å². The first kappa shape index (κ1) is 24.2. The molecule has 1 heterocycles. The average Bonchev–Trinajstić information content (AvgIpc) is 2.63. The Labute approximate surface area is 193 Å². The monoisotopic (exact) mass is 436 g/mol. The van der Waals surface area contributed by atoms with Crippen molar-refractivity contribution in [2.24, 2.45) is 12.5 Å². The van der Waals surface area contributed by atoms with Crippen LogP contribution in [0.25, 0.3) is 11.3 Å². The lowest BCUT2D eigenvalue weighted by Gasteiger charge is -2.42. The summed E-state index contributed by atoms with van der Waals surface area (Å²) in [5, 5.41) is 1.60. The van der Waals surface area contributed by atoms with Crippen LogP contribution in [-0.2, 0) is 17.9 Å². The van der Waals surface area contributed by atoms with Gasteiger partial charge in [-0.15, -0.1) is 0 Å². The Morgan fingerprint density at radius 1 is 0.903 bits per heavy atom. The molecule has 1 nitrogen and oxygen atoms in total. The highest BCUT2D eigenvalue weighted by Gasteiger charge is 2.36. The van der Waals surface area contributed by atoms with E-state index in [1.807, 2.05) is 0 Å². The summed E-state index contributed by atoms with van der Waals surface area (Å²) < 4.78 is 2.36. The Balaban J connectivity index is 2.06. The van der Waals surface area contributed by atoms with Gasteiger partial charge in [-0.25, -0.2) is 4.57 Å². The van der Waals surface area contributed by atoms with Gasteiger partial charge in [0.15, 0.2) is 6.20 Å². The third kappa shape index (κ3) is 5.00. The summed E-state index contributed by atoms with van der Waals surface area (Å²) in [6.07, 6.45) is 7.65. The zero-order valence-electron chi connectivity index (χ0n) is 22.2. The maximum absolute atomic E-state index is 2.51. The van der Waals surface area contributed by atoms with E-state index < -0.39 is 8.07 Å². The second kappa shape index (κ2) is 7.87. The third-order valence-corrected chi connectivity index (χ3v) is 9.83. The zero-order valence-corrected chi connectivity index (χ0v) is 23.2. The van der Waals surface area contributed by atoms with Gasteiger partial charge in [0, 0.05) is 17.2 Å². The summed E-state index contributed by atoms with van der Waals surface area (Å²) in [7, 11) is 0.750. The predicted octanol–water partition coefficient (Wildman–Crippen LogP) is 7.19. The number of pyridine rings is 1. The molecule has 0 amide bonds. The summed E-state index contributed by atoms with van der Waals surface area (Å²) in [6.45, 7) is 24.1. The first-order valence-corrected chi connectivity index (χ1v) is 15.7. The minimum Gasteiger partial charge on any atom is -0.201 e. The van der Waals surface area contributed by atoms with E-state index in [0.29, 0.717) is 10.8 Å². The van der Waals surface area contributed by atoms with E-state index >= 15 is 0 Å². The lowest BCUT2D eigenvalue weighted by molar-refractivity contribution is -0.660. The van der Waals surface area contributed by atoms with E-state index in [-0.39, 0.29) is 5.41 Å². The first-order chi connectivity index (χ1) is 14.0. The van der Waals surface area contributed by atoms with Gasteiger partial charge in [0.1, 0.15) is 7.05 Å². The van der Waals surface area contributed by atoms with Gasteiger partial charge in [-0.3, -0.25) is 0 Å². The van der Waals surface area contributed by atoms with Crippen LogP contribution in [0.1, 0.15) is 83.9 Å². The molecule has 0 unspecified atom stereocenters.